The molecule has 1 aromatic rings. The second kappa shape index (κ2) is 11.1. The van der Waals surface area contributed by atoms with Gasteiger partial charge in [-0.05, 0) is 101 Å². The topological polar surface area (TPSA) is 109 Å². The van der Waals surface area contributed by atoms with Crippen LogP contribution in [0.15, 0.2) is 18.3 Å². The minimum Gasteiger partial charge on any atom is -0.444 e. The summed E-state index contributed by atoms with van der Waals surface area (Å²) in [4.78, 5) is 42.6. The van der Waals surface area contributed by atoms with Crippen LogP contribution in [0.25, 0.3) is 0 Å². The van der Waals surface area contributed by atoms with Crippen LogP contribution in [0.4, 0.5) is 23.8 Å². The molecular formula is C27H37F3N4O4. The van der Waals surface area contributed by atoms with Crippen molar-refractivity contribution in [1.29, 1.82) is 0 Å². The standard InChI is InChI=1S/C27H37F3N4O4/c1-26(2,3)38-25(37)34-23(21(15-4-5-15)16-6-7-16)24(36)32-19-14-18(11-13-31-19)22(17-8-9-17)33-20(35)10-12-27(28,29)30/h11,13-17,21-23H,4-10,12H2,1-3H3,(H,33,35)(H,34,37)(H,31,32,36)/t22?,23-/m0/s1. The zero-order valence-corrected chi connectivity index (χ0v) is 22.1. The van der Waals surface area contributed by atoms with Gasteiger partial charge in [0.2, 0.25) is 11.8 Å². The van der Waals surface area contributed by atoms with Crippen LogP contribution >= 0.6 is 0 Å². The first-order valence-corrected chi connectivity index (χ1v) is 13.4. The first-order chi connectivity index (χ1) is 17.8. The third-order valence-corrected chi connectivity index (χ3v) is 7.11. The van der Waals surface area contributed by atoms with E-state index in [1.54, 1.807) is 32.9 Å². The van der Waals surface area contributed by atoms with Gasteiger partial charge in [0.05, 0.1) is 12.5 Å². The lowest BCUT2D eigenvalue weighted by Gasteiger charge is -2.29. The largest absolute Gasteiger partial charge is 0.444 e. The zero-order valence-electron chi connectivity index (χ0n) is 22.1. The highest BCUT2D eigenvalue weighted by molar-refractivity contribution is 5.96. The molecule has 3 N–H and O–H groups in total. The van der Waals surface area contributed by atoms with E-state index in [1.807, 2.05) is 0 Å². The van der Waals surface area contributed by atoms with Gasteiger partial charge >= 0.3 is 12.3 Å². The number of alkyl carbamates (subject to hydrolysis) is 1. The number of ether oxygens (including phenoxy) is 1. The number of hydrogen-bond acceptors (Lipinski definition) is 5. The summed E-state index contributed by atoms with van der Waals surface area (Å²) in [5, 5.41) is 8.36. The molecule has 1 unspecified atom stereocenters. The van der Waals surface area contributed by atoms with E-state index >= 15 is 0 Å². The van der Waals surface area contributed by atoms with E-state index in [-0.39, 0.29) is 23.6 Å². The Morgan fingerprint density at radius 2 is 1.61 bits per heavy atom. The fourth-order valence-electron chi connectivity index (χ4n) is 4.98. The second-order valence-electron chi connectivity index (χ2n) is 11.8. The van der Waals surface area contributed by atoms with Crippen LogP contribution in [-0.2, 0) is 14.3 Å². The molecule has 3 aliphatic carbocycles. The van der Waals surface area contributed by atoms with Crippen molar-refractivity contribution in [3.8, 4) is 0 Å². The molecule has 3 saturated carbocycles. The first kappa shape index (κ1) is 28.2. The van der Waals surface area contributed by atoms with Crippen LogP contribution in [0.2, 0.25) is 0 Å². The Hall–Kier alpha value is -2.85. The Labute approximate surface area is 220 Å². The fourth-order valence-corrected chi connectivity index (χ4v) is 4.98. The third kappa shape index (κ3) is 8.59. The molecule has 1 aromatic heterocycles. The van der Waals surface area contributed by atoms with Crippen LogP contribution in [-0.4, -0.2) is 40.7 Å². The Bertz CT molecular complexity index is 1020. The summed E-state index contributed by atoms with van der Waals surface area (Å²) in [5.41, 5.74) is -0.0476. The highest BCUT2D eigenvalue weighted by Crippen LogP contribution is 2.51. The number of hydrogen-bond donors (Lipinski definition) is 3. The van der Waals surface area contributed by atoms with Crippen LogP contribution in [0, 0.1) is 23.7 Å². The lowest BCUT2D eigenvalue weighted by Crippen LogP contribution is -2.51. The molecule has 0 spiro atoms. The molecule has 3 aliphatic rings. The number of amides is 3. The predicted molar refractivity (Wildman–Crippen MR) is 134 cm³/mol. The molecule has 3 amide bonds. The van der Waals surface area contributed by atoms with E-state index in [9.17, 15) is 27.6 Å². The van der Waals surface area contributed by atoms with Gasteiger partial charge < -0.3 is 20.7 Å². The van der Waals surface area contributed by atoms with Gasteiger partial charge in [0, 0.05) is 12.6 Å². The summed E-state index contributed by atoms with van der Waals surface area (Å²) in [5.74, 6) is 0.0760. The first-order valence-electron chi connectivity index (χ1n) is 13.4. The number of carbonyl (C=O) groups is 3. The summed E-state index contributed by atoms with van der Waals surface area (Å²) in [6, 6.07) is 2.09. The molecule has 0 aliphatic heterocycles. The number of nitrogens with zero attached hydrogens (tertiary/aromatic N) is 1. The molecule has 3 fully saturated rings. The molecule has 0 saturated heterocycles. The highest BCUT2D eigenvalue weighted by atomic mass is 19.4. The predicted octanol–water partition coefficient (Wildman–Crippen LogP) is 5.26. The number of rotatable bonds is 11. The van der Waals surface area contributed by atoms with Gasteiger partial charge in [-0.25, -0.2) is 9.78 Å². The Morgan fingerprint density at radius 3 is 2.13 bits per heavy atom. The maximum absolute atomic E-state index is 13.5. The highest BCUT2D eigenvalue weighted by Gasteiger charge is 2.48. The second-order valence-corrected chi connectivity index (χ2v) is 11.8. The van der Waals surface area contributed by atoms with E-state index in [0.29, 0.717) is 17.4 Å². The molecule has 1 heterocycles. The van der Waals surface area contributed by atoms with Gasteiger partial charge in [0.15, 0.2) is 0 Å². The molecule has 38 heavy (non-hydrogen) atoms. The van der Waals surface area contributed by atoms with Gasteiger partial charge in [-0.1, -0.05) is 0 Å². The van der Waals surface area contributed by atoms with Crippen molar-refractivity contribution in [3.63, 3.8) is 0 Å². The number of alkyl halides is 3. The monoisotopic (exact) mass is 538 g/mol. The zero-order chi connectivity index (χ0) is 27.7. The summed E-state index contributed by atoms with van der Waals surface area (Å²) in [6.07, 6.45) is 0.407. The minimum absolute atomic E-state index is 0.0119. The quantitative estimate of drug-likeness (QED) is 0.356. The maximum atomic E-state index is 13.5. The fraction of sp³-hybridized carbons (Fsp3) is 0.704. The van der Waals surface area contributed by atoms with E-state index in [2.05, 4.69) is 20.9 Å². The van der Waals surface area contributed by atoms with Crippen LogP contribution in [0.1, 0.15) is 83.7 Å². The van der Waals surface area contributed by atoms with Crippen LogP contribution in [0.3, 0.4) is 0 Å². The van der Waals surface area contributed by atoms with E-state index in [4.69, 9.17) is 4.74 Å². The number of nitrogens with one attached hydrogen (secondary N) is 3. The minimum atomic E-state index is -4.40. The van der Waals surface area contributed by atoms with Gasteiger partial charge in [-0.2, -0.15) is 13.2 Å². The SMILES string of the molecule is CC(C)(C)OC(=O)N[C@H](C(=O)Nc1cc(C(NC(=O)CCC(F)(F)F)C2CC2)ccn1)C(C1CC1)C1CC1. The number of pyridine rings is 1. The van der Waals surface area contributed by atoms with Crippen molar-refractivity contribution in [2.45, 2.75) is 96.0 Å². The van der Waals surface area contributed by atoms with Gasteiger partial charge in [-0.15, -0.1) is 0 Å². The van der Waals surface area contributed by atoms with Crippen molar-refractivity contribution >= 4 is 23.7 Å². The molecule has 8 nitrogen and oxygen atoms in total. The van der Waals surface area contributed by atoms with Crippen molar-refractivity contribution in [1.82, 2.24) is 15.6 Å². The number of carbonyl (C=O) groups excluding carboxylic acids is 3. The summed E-state index contributed by atoms with van der Waals surface area (Å²) < 4.78 is 43.1. The molecule has 4 rings (SSSR count). The molecular weight excluding hydrogens is 501 g/mol. The molecule has 210 valence electrons. The number of aromatic nitrogens is 1. The van der Waals surface area contributed by atoms with E-state index in [0.717, 1.165) is 38.5 Å². The molecule has 0 aromatic carbocycles. The molecule has 11 heteroatoms. The van der Waals surface area contributed by atoms with Crippen LogP contribution in [0.5, 0.6) is 0 Å². The summed E-state index contributed by atoms with van der Waals surface area (Å²) in [6.45, 7) is 5.28. The Morgan fingerprint density at radius 1 is 1.00 bits per heavy atom. The third-order valence-electron chi connectivity index (χ3n) is 7.11. The van der Waals surface area contributed by atoms with Crippen molar-refractivity contribution < 1.29 is 32.3 Å². The van der Waals surface area contributed by atoms with E-state index < -0.39 is 48.7 Å². The van der Waals surface area contributed by atoms with Crippen molar-refractivity contribution in [3.05, 3.63) is 23.9 Å². The number of halogens is 3. The van der Waals surface area contributed by atoms with Gasteiger partial charge in [0.1, 0.15) is 17.5 Å². The van der Waals surface area contributed by atoms with E-state index in [1.165, 1.54) is 6.20 Å². The Kier molecular flexibility index (Phi) is 8.23. The number of anilines is 1. The van der Waals surface area contributed by atoms with Crippen molar-refractivity contribution in [2.75, 3.05) is 5.32 Å². The average molecular weight is 539 g/mol. The normalized spacial score (nSPS) is 19.4. The molecule has 0 bridgehead atoms. The molecule has 2 atom stereocenters. The Balaban J connectivity index is 1.46. The van der Waals surface area contributed by atoms with Crippen LogP contribution < -0.4 is 16.0 Å². The average Bonchev–Trinajstić information content (AvgIpc) is 3.66. The smallest absolute Gasteiger partial charge is 0.408 e. The lowest BCUT2D eigenvalue weighted by molar-refractivity contribution is -0.144. The summed E-state index contributed by atoms with van der Waals surface area (Å²) >= 11 is 0. The van der Waals surface area contributed by atoms with Gasteiger partial charge in [-0.3, -0.25) is 9.59 Å². The van der Waals surface area contributed by atoms with Crippen molar-refractivity contribution in [2.24, 2.45) is 23.7 Å². The molecule has 0 radical (unpaired) electrons. The van der Waals surface area contributed by atoms with Gasteiger partial charge in [0.25, 0.3) is 0 Å². The maximum Gasteiger partial charge on any atom is 0.408 e. The summed E-state index contributed by atoms with van der Waals surface area (Å²) in [7, 11) is 0. The lowest BCUT2D eigenvalue weighted by atomic mass is 9.88.